The summed E-state index contributed by atoms with van der Waals surface area (Å²) in [6, 6.07) is 10.3. The maximum atomic E-state index is 13.3. The molecular formula is C12H11FN2S. The Morgan fingerprint density at radius 1 is 1.19 bits per heavy atom. The van der Waals surface area contributed by atoms with Crippen molar-refractivity contribution < 1.29 is 4.39 Å². The number of hydrogen-bond acceptors (Lipinski definition) is 3. The Morgan fingerprint density at radius 2 is 2.00 bits per heavy atom. The standard InChI is InChI=1S/C12H11FN2S/c13-10-5-2-1-4-9(10)8-16-12-11(14)6-3-7-15-12/h1-7H,8,14H2. The van der Waals surface area contributed by atoms with E-state index < -0.39 is 0 Å². The molecule has 0 saturated carbocycles. The number of aromatic nitrogens is 1. The number of anilines is 1. The Morgan fingerprint density at radius 3 is 2.75 bits per heavy atom. The van der Waals surface area contributed by atoms with Gasteiger partial charge in [-0.15, -0.1) is 0 Å². The van der Waals surface area contributed by atoms with Crippen molar-refractivity contribution in [1.29, 1.82) is 0 Å². The zero-order valence-electron chi connectivity index (χ0n) is 8.56. The Hall–Kier alpha value is -1.55. The lowest BCUT2D eigenvalue weighted by atomic mass is 10.2. The van der Waals surface area contributed by atoms with Gasteiger partial charge in [-0.1, -0.05) is 30.0 Å². The summed E-state index contributed by atoms with van der Waals surface area (Å²) in [5.74, 6) is 0.345. The lowest BCUT2D eigenvalue weighted by Gasteiger charge is -2.04. The first-order valence-electron chi connectivity index (χ1n) is 4.84. The quantitative estimate of drug-likeness (QED) is 0.829. The molecule has 0 radical (unpaired) electrons. The number of rotatable bonds is 3. The monoisotopic (exact) mass is 234 g/mol. The SMILES string of the molecule is Nc1cccnc1SCc1ccccc1F. The topological polar surface area (TPSA) is 38.9 Å². The van der Waals surface area contributed by atoms with E-state index in [-0.39, 0.29) is 5.82 Å². The molecule has 82 valence electrons. The van der Waals surface area contributed by atoms with E-state index in [2.05, 4.69) is 4.98 Å². The highest BCUT2D eigenvalue weighted by molar-refractivity contribution is 7.98. The average Bonchev–Trinajstić information content (AvgIpc) is 2.30. The summed E-state index contributed by atoms with van der Waals surface area (Å²) in [7, 11) is 0. The highest BCUT2D eigenvalue weighted by Crippen LogP contribution is 2.26. The van der Waals surface area contributed by atoms with Crippen LogP contribution in [0.1, 0.15) is 5.56 Å². The third-order valence-electron chi connectivity index (χ3n) is 2.12. The summed E-state index contributed by atoms with van der Waals surface area (Å²) < 4.78 is 13.3. The van der Waals surface area contributed by atoms with Crippen LogP contribution in [0.2, 0.25) is 0 Å². The van der Waals surface area contributed by atoms with Gasteiger partial charge in [-0.05, 0) is 23.8 Å². The van der Waals surface area contributed by atoms with Gasteiger partial charge in [0.05, 0.1) is 5.69 Å². The van der Waals surface area contributed by atoms with Crippen molar-refractivity contribution in [3.8, 4) is 0 Å². The number of halogens is 1. The van der Waals surface area contributed by atoms with Crippen molar-refractivity contribution in [3.63, 3.8) is 0 Å². The maximum Gasteiger partial charge on any atom is 0.127 e. The molecule has 2 nitrogen and oxygen atoms in total. The molecule has 0 atom stereocenters. The molecular weight excluding hydrogens is 223 g/mol. The molecule has 2 rings (SSSR count). The molecule has 4 heteroatoms. The van der Waals surface area contributed by atoms with E-state index in [9.17, 15) is 4.39 Å². The smallest absolute Gasteiger partial charge is 0.127 e. The lowest BCUT2D eigenvalue weighted by Crippen LogP contribution is -1.92. The van der Waals surface area contributed by atoms with Gasteiger partial charge >= 0.3 is 0 Å². The van der Waals surface area contributed by atoms with Gasteiger partial charge in [0, 0.05) is 11.9 Å². The molecule has 0 aliphatic heterocycles. The predicted molar refractivity (Wildman–Crippen MR) is 64.6 cm³/mol. The molecule has 2 N–H and O–H groups in total. The fourth-order valence-corrected chi connectivity index (χ4v) is 2.18. The molecule has 0 unspecified atom stereocenters. The van der Waals surface area contributed by atoms with E-state index in [1.807, 2.05) is 6.07 Å². The Labute approximate surface area is 97.7 Å². The number of nitrogen functional groups attached to an aromatic ring is 1. The van der Waals surface area contributed by atoms with Crippen molar-refractivity contribution in [3.05, 3.63) is 54.0 Å². The fraction of sp³-hybridized carbons (Fsp3) is 0.0833. The number of pyridine rings is 1. The summed E-state index contributed by atoms with van der Waals surface area (Å²) in [6.45, 7) is 0. The highest BCUT2D eigenvalue weighted by Gasteiger charge is 2.04. The number of benzene rings is 1. The summed E-state index contributed by atoms with van der Waals surface area (Å²) in [5, 5.41) is 0.741. The third kappa shape index (κ3) is 2.52. The largest absolute Gasteiger partial charge is 0.397 e. The van der Waals surface area contributed by atoms with E-state index in [0.717, 1.165) is 5.03 Å². The first-order valence-corrected chi connectivity index (χ1v) is 5.82. The molecule has 1 aromatic heterocycles. The molecule has 16 heavy (non-hydrogen) atoms. The molecule has 0 aliphatic rings. The summed E-state index contributed by atoms with van der Waals surface area (Å²) in [5.41, 5.74) is 7.04. The number of hydrogen-bond donors (Lipinski definition) is 1. The van der Waals surface area contributed by atoms with Crippen LogP contribution in [0.4, 0.5) is 10.1 Å². The van der Waals surface area contributed by atoms with Crippen molar-refractivity contribution >= 4 is 17.4 Å². The second kappa shape index (κ2) is 4.99. The van der Waals surface area contributed by atoms with E-state index in [1.54, 1.807) is 30.5 Å². The molecule has 0 fully saturated rings. The normalized spacial score (nSPS) is 10.3. The molecule has 0 bridgehead atoms. The summed E-state index contributed by atoms with van der Waals surface area (Å²) in [4.78, 5) is 4.14. The van der Waals surface area contributed by atoms with Crippen LogP contribution in [-0.2, 0) is 5.75 Å². The Bertz CT molecular complexity index is 442. The van der Waals surface area contributed by atoms with Crippen LogP contribution in [-0.4, -0.2) is 4.98 Å². The lowest BCUT2D eigenvalue weighted by molar-refractivity contribution is 0.617. The molecule has 2 aromatic rings. The second-order valence-electron chi connectivity index (χ2n) is 3.28. The van der Waals surface area contributed by atoms with Crippen LogP contribution >= 0.6 is 11.8 Å². The zero-order valence-corrected chi connectivity index (χ0v) is 9.38. The van der Waals surface area contributed by atoms with E-state index in [4.69, 9.17) is 5.73 Å². The summed E-state index contributed by atoms with van der Waals surface area (Å²) in [6.07, 6.45) is 1.68. The fourth-order valence-electron chi connectivity index (χ4n) is 1.29. The minimum Gasteiger partial charge on any atom is -0.397 e. The van der Waals surface area contributed by atoms with Gasteiger partial charge in [0.2, 0.25) is 0 Å². The van der Waals surface area contributed by atoms with Crippen LogP contribution in [0.25, 0.3) is 0 Å². The Balaban J connectivity index is 2.09. The van der Waals surface area contributed by atoms with Gasteiger partial charge in [-0.25, -0.2) is 9.37 Å². The molecule has 0 spiro atoms. The zero-order chi connectivity index (χ0) is 11.4. The highest BCUT2D eigenvalue weighted by atomic mass is 32.2. The molecule has 1 heterocycles. The average molecular weight is 234 g/mol. The van der Waals surface area contributed by atoms with Crippen molar-refractivity contribution in [1.82, 2.24) is 4.98 Å². The predicted octanol–water partition coefficient (Wildman–Crippen LogP) is 3.10. The molecule has 0 amide bonds. The maximum absolute atomic E-state index is 13.3. The van der Waals surface area contributed by atoms with Crippen molar-refractivity contribution in [2.24, 2.45) is 0 Å². The van der Waals surface area contributed by atoms with Gasteiger partial charge in [-0.2, -0.15) is 0 Å². The Kier molecular flexibility index (Phi) is 3.41. The van der Waals surface area contributed by atoms with Crippen molar-refractivity contribution in [2.75, 3.05) is 5.73 Å². The van der Waals surface area contributed by atoms with Gasteiger partial charge in [0.25, 0.3) is 0 Å². The third-order valence-corrected chi connectivity index (χ3v) is 3.19. The molecule has 1 aromatic carbocycles. The number of thioether (sulfide) groups is 1. The minimum atomic E-state index is -0.190. The van der Waals surface area contributed by atoms with Gasteiger partial charge < -0.3 is 5.73 Å². The van der Waals surface area contributed by atoms with Gasteiger partial charge in [0.15, 0.2) is 0 Å². The first kappa shape index (κ1) is 11.0. The van der Waals surface area contributed by atoms with Crippen LogP contribution in [0.15, 0.2) is 47.6 Å². The first-order chi connectivity index (χ1) is 7.77. The minimum absolute atomic E-state index is 0.190. The second-order valence-corrected chi connectivity index (χ2v) is 4.24. The summed E-state index contributed by atoms with van der Waals surface area (Å²) >= 11 is 1.44. The van der Waals surface area contributed by atoms with Gasteiger partial charge in [-0.3, -0.25) is 0 Å². The van der Waals surface area contributed by atoms with E-state index in [1.165, 1.54) is 17.8 Å². The van der Waals surface area contributed by atoms with Crippen LogP contribution in [0.3, 0.4) is 0 Å². The number of nitrogens with zero attached hydrogens (tertiary/aromatic N) is 1. The van der Waals surface area contributed by atoms with E-state index >= 15 is 0 Å². The van der Waals surface area contributed by atoms with E-state index in [0.29, 0.717) is 17.0 Å². The van der Waals surface area contributed by atoms with Crippen LogP contribution in [0, 0.1) is 5.82 Å². The van der Waals surface area contributed by atoms with Crippen molar-refractivity contribution in [2.45, 2.75) is 10.8 Å². The van der Waals surface area contributed by atoms with Crippen LogP contribution < -0.4 is 5.73 Å². The van der Waals surface area contributed by atoms with Crippen LogP contribution in [0.5, 0.6) is 0 Å². The van der Waals surface area contributed by atoms with Gasteiger partial charge in [0.1, 0.15) is 10.8 Å². The molecule has 0 saturated heterocycles. The number of nitrogens with two attached hydrogens (primary N) is 1. The molecule has 0 aliphatic carbocycles.